The lowest BCUT2D eigenvalue weighted by molar-refractivity contribution is 0.399. The summed E-state index contributed by atoms with van der Waals surface area (Å²) in [6.45, 7) is 0. The Morgan fingerprint density at radius 2 is 2.20 bits per heavy atom. The number of aromatic nitrogens is 3. The molecule has 0 aliphatic rings. The average Bonchev–Trinajstić information content (AvgIpc) is 2.82. The van der Waals surface area contributed by atoms with Gasteiger partial charge in [-0.05, 0) is 36.5 Å². The van der Waals surface area contributed by atoms with Crippen LogP contribution >= 0.6 is 12.2 Å². The molecule has 1 N–H and O–H groups in total. The Kier molecular flexibility index (Phi) is 2.97. The van der Waals surface area contributed by atoms with Gasteiger partial charge < -0.3 is 9.72 Å². The first-order valence-corrected chi connectivity index (χ1v) is 6.30. The smallest absolute Gasteiger partial charge is 0.215 e. The van der Waals surface area contributed by atoms with Gasteiger partial charge in [-0.2, -0.15) is 10.2 Å². The number of rotatable bonds is 2. The van der Waals surface area contributed by atoms with Crippen molar-refractivity contribution in [1.82, 2.24) is 14.5 Å². The minimum Gasteiger partial charge on any atom is -0.481 e. The first kappa shape index (κ1) is 12.4. The second-order valence-corrected chi connectivity index (χ2v) is 4.54. The molecule has 0 spiro atoms. The minimum absolute atomic E-state index is 0.511. The van der Waals surface area contributed by atoms with Crippen molar-refractivity contribution in [1.29, 1.82) is 5.26 Å². The standard InChI is InChI=1S/C14H10N4OS/c1-19-12-6-5-11-13(17-12)18(14(20)16-11)10-4-2-3-9(7-10)8-15/h2-7H,1H3,(H,16,20). The molecule has 0 amide bonds. The highest BCUT2D eigenvalue weighted by Gasteiger charge is 2.09. The van der Waals surface area contributed by atoms with Crippen molar-refractivity contribution in [3.05, 3.63) is 46.7 Å². The number of hydrogen-bond donors (Lipinski definition) is 1. The molecular weight excluding hydrogens is 272 g/mol. The molecule has 2 aromatic heterocycles. The normalized spacial score (nSPS) is 10.4. The fourth-order valence-electron chi connectivity index (χ4n) is 2.03. The Labute approximate surface area is 120 Å². The number of ether oxygens (including phenoxy) is 1. The van der Waals surface area contributed by atoms with Gasteiger partial charge >= 0.3 is 0 Å². The summed E-state index contributed by atoms with van der Waals surface area (Å²) >= 11 is 5.34. The van der Waals surface area contributed by atoms with Gasteiger partial charge in [-0.25, -0.2) is 0 Å². The summed E-state index contributed by atoms with van der Waals surface area (Å²) in [6, 6.07) is 13.0. The van der Waals surface area contributed by atoms with E-state index in [1.807, 2.05) is 18.2 Å². The van der Waals surface area contributed by atoms with Crippen molar-refractivity contribution < 1.29 is 4.74 Å². The topological polar surface area (TPSA) is 66.6 Å². The number of nitriles is 1. The molecule has 0 bridgehead atoms. The van der Waals surface area contributed by atoms with Crippen molar-refractivity contribution in [3.63, 3.8) is 0 Å². The highest BCUT2D eigenvalue weighted by molar-refractivity contribution is 7.71. The third kappa shape index (κ3) is 1.94. The summed E-state index contributed by atoms with van der Waals surface area (Å²) < 4.78 is 7.45. The fourth-order valence-corrected chi connectivity index (χ4v) is 2.34. The van der Waals surface area contributed by atoms with E-state index in [4.69, 9.17) is 22.2 Å². The third-order valence-corrected chi connectivity index (χ3v) is 3.23. The molecule has 2 heterocycles. The molecule has 0 radical (unpaired) electrons. The predicted molar refractivity (Wildman–Crippen MR) is 77.5 cm³/mol. The van der Waals surface area contributed by atoms with Crippen molar-refractivity contribution in [2.45, 2.75) is 0 Å². The van der Waals surface area contributed by atoms with Gasteiger partial charge in [-0.15, -0.1) is 0 Å². The summed E-state index contributed by atoms with van der Waals surface area (Å²) in [5, 5.41) is 9.00. The molecule has 1 aromatic carbocycles. The summed E-state index contributed by atoms with van der Waals surface area (Å²) in [6.07, 6.45) is 0. The number of aromatic amines is 1. The van der Waals surface area contributed by atoms with Crippen LogP contribution in [0, 0.1) is 16.1 Å². The van der Waals surface area contributed by atoms with Crippen LogP contribution in [-0.4, -0.2) is 21.6 Å². The van der Waals surface area contributed by atoms with E-state index >= 15 is 0 Å². The molecule has 0 fully saturated rings. The third-order valence-electron chi connectivity index (χ3n) is 2.95. The van der Waals surface area contributed by atoms with Gasteiger partial charge in [0, 0.05) is 6.07 Å². The van der Waals surface area contributed by atoms with E-state index in [0.29, 0.717) is 21.9 Å². The van der Waals surface area contributed by atoms with Crippen LogP contribution < -0.4 is 4.74 Å². The summed E-state index contributed by atoms with van der Waals surface area (Å²) in [7, 11) is 1.57. The lowest BCUT2D eigenvalue weighted by Gasteiger charge is -2.05. The van der Waals surface area contributed by atoms with Crippen LogP contribution in [0.4, 0.5) is 0 Å². The average molecular weight is 282 g/mol. The van der Waals surface area contributed by atoms with Crippen LogP contribution in [0.25, 0.3) is 16.9 Å². The molecule has 20 heavy (non-hydrogen) atoms. The van der Waals surface area contributed by atoms with Crippen molar-refractivity contribution >= 4 is 23.4 Å². The highest BCUT2D eigenvalue weighted by atomic mass is 32.1. The molecule has 0 atom stereocenters. The van der Waals surface area contributed by atoms with Crippen LogP contribution in [-0.2, 0) is 0 Å². The number of benzene rings is 1. The predicted octanol–water partition coefficient (Wildman–Crippen LogP) is 2.96. The van der Waals surface area contributed by atoms with Gasteiger partial charge in [0.1, 0.15) is 0 Å². The number of nitrogens with one attached hydrogen (secondary N) is 1. The van der Waals surface area contributed by atoms with Gasteiger partial charge in [0.2, 0.25) is 5.88 Å². The zero-order valence-electron chi connectivity index (χ0n) is 10.6. The van der Waals surface area contributed by atoms with Crippen LogP contribution in [0.1, 0.15) is 5.56 Å². The van der Waals surface area contributed by atoms with E-state index in [1.165, 1.54) is 0 Å². The Morgan fingerprint density at radius 1 is 1.35 bits per heavy atom. The highest BCUT2D eigenvalue weighted by Crippen LogP contribution is 2.21. The molecule has 6 heteroatoms. The van der Waals surface area contributed by atoms with E-state index in [9.17, 15) is 0 Å². The van der Waals surface area contributed by atoms with Gasteiger partial charge in [0.15, 0.2) is 10.4 Å². The summed E-state index contributed by atoms with van der Waals surface area (Å²) in [5.74, 6) is 0.511. The molecule has 0 unspecified atom stereocenters. The van der Waals surface area contributed by atoms with Gasteiger partial charge in [-0.1, -0.05) is 6.07 Å². The monoisotopic (exact) mass is 282 g/mol. The van der Waals surface area contributed by atoms with E-state index in [2.05, 4.69) is 16.0 Å². The number of methoxy groups -OCH3 is 1. The first-order valence-electron chi connectivity index (χ1n) is 5.89. The van der Waals surface area contributed by atoms with Gasteiger partial charge in [0.05, 0.1) is 29.9 Å². The fraction of sp³-hybridized carbons (Fsp3) is 0.0714. The molecule has 3 aromatic rings. The number of hydrogen-bond acceptors (Lipinski definition) is 4. The minimum atomic E-state index is 0.511. The molecule has 0 aliphatic carbocycles. The lowest BCUT2D eigenvalue weighted by atomic mass is 10.2. The maximum atomic E-state index is 9.00. The van der Waals surface area contributed by atoms with Crippen LogP contribution in [0.5, 0.6) is 5.88 Å². The van der Waals surface area contributed by atoms with E-state index in [1.54, 1.807) is 29.9 Å². The number of pyridine rings is 1. The second-order valence-electron chi connectivity index (χ2n) is 4.15. The number of fused-ring (bicyclic) bond motifs is 1. The van der Waals surface area contributed by atoms with E-state index in [-0.39, 0.29) is 0 Å². The van der Waals surface area contributed by atoms with Gasteiger partial charge in [0.25, 0.3) is 0 Å². The lowest BCUT2D eigenvalue weighted by Crippen LogP contribution is -1.97. The molecule has 3 rings (SSSR count). The van der Waals surface area contributed by atoms with E-state index in [0.717, 1.165) is 11.2 Å². The zero-order chi connectivity index (χ0) is 14.1. The molecular formula is C14H10N4OS. The zero-order valence-corrected chi connectivity index (χ0v) is 11.4. The maximum absolute atomic E-state index is 9.00. The Bertz CT molecular complexity index is 888. The second kappa shape index (κ2) is 4.79. The molecule has 0 saturated heterocycles. The molecule has 98 valence electrons. The van der Waals surface area contributed by atoms with Crippen molar-refractivity contribution in [2.24, 2.45) is 0 Å². The van der Waals surface area contributed by atoms with E-state index < -0.39 is 0 Å². The molecule has 5 nitrogen and oxygen atoms in total. The first-order chi connectivity index (χ1) is 9.72. The van der Waals surface area contributed by atoms with Crippen LogP contribution in [0.2, 0.25) is 0 Å². The largest absolute Gasteiger partial charge is 0.481 e. The number of imidazole rings is 1. The number of H-pyrrole nitrogens is 1. The number of nitrogens with zero attached hydrogens (tertiary/aromatic N) is 3. The van der Waals surface area contributed by atoms with Crippen molar-refractivity contribution in [3.8, 4) is 17.6 Å². The van der Waals surface area contributed by atoms with Crippen LogP contribution in [0.15, 0.2) is 36.4 Å². The molecule has 0 saturated carbocycles. The summed E-state index contributed by atoms with van der Waals surface area (Å²) in [4.78, 5) is 7.50. The quantitative estimate of drug-likeness (QED) is 0.734. The Balaban J connectivity index is 2.32. The SMILES string of the molecule is COc1ccc2[nH]c(=S)n(-c3cccc(C#N)c3)c2n1. The summed E-state index contributed by atoms with van der Waals surface area (Å²) in [5.41, 5.74) is 2.85. The Morgan fingerprint density at radius 3 is 2.95 bits per heavy atom. The maximum Gasteiger partial charge on any atom is 0.215 e. The molecule has 0 aliphatic heterocycles. The van der Waals surface area contributed by atoms with Gasteiger partial charge in [-0.3, -0.25) is 4.57 Å². The van der Waals surface area contributed by atoms with Crippen LogP contribution in [0.3, 0.4) is 0 Å². The van der Waals surface area contributed by atoms with Crippen molar-refractivity contribution in [2.75, 3.05) is 7.11 Å². The Hall–Kier alpha value is -2.65.